The van der Waals surface area contributed by atoms with Gasteiger partial charge in [-0.1, -0.05) is 6.07 Å². The first-order chi connectivity index (χ1) is 7.11. The van der Waals surface area contributed by atoms with Gasteiger partial charge in [-0.15, -0.1) is 0 Å². The van der Waals surface area contributed by atoms with Crippen LogP contribution in [0.5, 0.6) is 5.75 Å². The van der Waals surface area contributed by atoms with Crippen LogP contribution in [0.2, 0.25) is 0 Å². The molecule has 0 radical (unpaired) electrons. The zero-order valence-electron chi connectivity index (χ0n) is 9.26. The fourth-order valence-electron chi connectivity index (χ4n) is 1.99. The van der Waals surface area contributed by atoms with E-state index in [0.717, 1.165) is 23.3 Å². The van der Waals surface area contributed by atoms with Gasteiger partial charge in [-0.2, -0.15) is 0 Å². The van der Waals surface area contributed by atoms with E-state index in [4.69, 9.17) is 4.74 Å². The van der Waals surface area contributed by atoms with Crippen LogP contribution in [0.3, 0.4) is 0 Å². The van der Waals surface area contributed by atoms with Crippen molar-refractivity contribution >= 4 is 5.91 Å². The lowest BCUT2D eigenvalue weighted by atomic mass is 10.0. The first-order valence-electron chi connectivity index (χ1n) is 5.14. The highest BCUT2D eigenvalue weighted by Gasteiger charge is 2.24. The van der Waals surface area contributed by atoms with Crippen LogP contribution in [-0.2, 0) is 6.42 Å². The molecule has 1 amide bonds. The zero-order valence-corrected chi connectivity index (χ0v) is 9.26. The number of carbonyl (C=O) groups excluding carboxylic acids is 1. The third-order valence-electron chi connectivity index (χ3n) is 2.61. The molecule has 0 saturated carbocycles. The molecule has 0 fully saturated rings. The van der Waals surface area contributed by atoms with Crippen molar-refractivity contribution in [3.05, 3.63) is 28.8 Å². The largest absolute Gasteiger partial charge is 0.489 e. The summed E-state index contributed by atoms with van der Waals surface area (Å²) in [5.74, 6) is 0.677. The van der Waals surface area contributed by atoms with E-state index >= 15 is 0 Å². The van der Waals surface area contributed by atoms with Crippen molar-refractivity contribution in [1.29, 1.82) is 0 Å². The van der Waals surface area contributed by atoms with Crippen LogP contribution in [0.15, 0.2) is 12.1 Å². The van der Waals surface area contributed by atoms with Gasteiger partial charge in [0.1, 0.15) is 11.9 Å². The molecule has 1 heterocycles. The van der Waals surface area contributed by atoms with E-state index < -0.39 is 0 Å². The second-order valence-electron chi connectivity index (χ2n) is 4.01. The average Bonchev–Trinajstić information content (AvgIpc) is 2.55. The van der Waals surface area contributed by atoms with Gasteiger partial charge in [-0.3, -0.25) is 4.79 Å². The second-order valence-corrected chi connectivity index (χ2v) is 4.01. The summed E-state index contributed by atoms with van der Waals surface area (Å²) in [4.78, 5) is 11.6. The molecule has 1 aliphatic heterocycles. The van der Waals surface area contributed by atoms with E-state index in [-0.39, 0.29) is 12.0 Å². The number of ether oxygens (including phenoxy) is 1. The van der Waals surface area contributed by atoms with Gasteiger partial charge >= 0.3 is 0 Å². The molecule has 0 aliphatic carbocycles. The van der Waals surface area contributed by atoms with Gasteiger partial charge in [-0.25, -0.2) is 0 Å². The SMILES string of the molecule is CNC(=O)c1cc(C)cc2c1OC(C)C2. The van der Waals surface area contributed by atoms with Crippen molar-refractivity contribution in [1.82, 2.24) is 5.32 Å². The summed E-state index contributed by atoms with van der Waals surface area (Å²) in [7, 11) is 1.63. The zero-order chi connectivity index (χ0) is 11.0. The van der Waals surface area contributed by atoms with Crippen LogP contribution in [0.25, 0.3) is 0 Å². The topological polar surface area (TPSA) is 38.3 Å². The van der Waals surface area contributed by atoms with Crippen LogP contribution in [0.4, 0.5) is 0 Å². The van der Waals surface area contributed by atoms with Crippen LogP contribution in [0, 0.1) is 6.92 Å². The standard InChI is InChI=1S/C12H15NO2/c1-7-4-9-6-8(2)15-11(9)10(5-7)12(14)13-3/h4-5,8H,6H2,1-3H3,(H,13,14). The highest BCUT2D eigenvalue weighted by atomic mass is 16.5. The number of benzene rings is 1. The fourth-order valence-corrected chi connectivity index (χ4v) is 1.99. The summed E-state index contributed by atoms with van der Waals surface area (Å²) in [5.41, 5.74) is 2.89. The quantitative estimate of drug-likeness (QED) is 0.757. The van der Waals surface area contributed by atoms with Crippen LogP contribution < -0.4 is 10.1 Å². The van der Waals surface area contributed by atoms with Crippen LogP contribution in [-0.4, -0.2) is 19.1 Å². The summed E-state index contributed by atoms with van der Waals surface area (Å²) >= 11 is 0. The van der Waals surface area contributed by atoms with Crippen molar-refractivity contribution in [2.45, 2.75) is 26.4 Å². The van der Waals surface area contributed by atoms with Crippen LogP contribution >= 0.6 is 0 Å². The Hall–Kier alpha value is -1.51. The van der Waals surface area contributed by atoms with Crippen molar-refractivity contribution in [2.24, 2.45) is 0 Å². The highest BCUT2D eigenvalue weighted by molar-refractivity contribution is 5.97. The monoisotopic (exact) mass is 205 g/mol. The number of rotatable bonds is 1. The van der Waals surface area contributed by atoms with E-state index in [9.17, 15) is 4.79 Å². The van der Waals surface area contributed by atoms with E-state index in [2.05, 4.69) is 11.4 Å². The lowest BCUT2D eigenvalue weighted by Gasteiger charge is -2.09. The summed E-state index contributed by atoms with van der Waals surface area (Å²) in [6, 6.07) is 3.96. The second kappa shape index (κ2) is 3.57. The third-order valence-corrected chi connectivity index (χ3v) is 2.61. The van der Waals surface area contributed by atoms with Gasteiger partial charge in [0.25, 0.3) is 5.91 Å². The minimum atomic E-state index is -0.0796. The Kier molecular flexibility index (Phi) is 2.39. The molecule has 1 N–H and O–H groups in total. The highest BCUT2D eigenvalue weighted by Crippen LogP contribution is 2.33. The molecule has 15 heavy (non-hydrogen) atoms. The third kappa shape index (κ3) is 1.69. The summed E-state index contributed by atoms with van der Waals surface area (Å²) in [6.45, 7) is 4.01. The molecular formula is C12H15NO2. The molecule has 0 aromatic heterocycles. The summed E-state index contributed by atoms with van der Waals surface area (Å²) < 4.78 is 5.66. The van der Waals surface area contributed by atoms with Gasteiger partial charge in [0.05, 0.1) is 5.56 Å². The van der Waals surface area contributed by atoms with Gasteiger partial charge < -0.3 is 10.1 Å². The Bertz CT molecular complexity index is 412. The fraction of sp³-hybridized carbons (Fsp3) is 0.417. The predicted molar refractivity (Wildman–Crippen MR) is 58.4 cm³/mol. The first-order valence-corrected chi connectivity index (χ1v) is 5.14. The Morgan fingerprint density at radius 3 is 2.93 bits per heavy atom. The minimum Gasteiger partial charge on any atom is -0.489 e. The maximum atomic E-state index is 11.6. The maximum Gasteiger partial charge on any atom is 0.254 e. The van der Waals surface area contributed by atoms with Crippen LogP contribution in [0.1, 0.15) is 28.4 Å². The molecule has 1 atom stereocenters. The van der Waals surface area contributed by atoms with E-state index in [0.29, 0.717) is 5.56 Å². The summed E-state index contributed by atoms with van der Waals surface area (Å²) in [6.07, 6.45) is 1.06. The molecule has 0 saturated heterocycles. The molecular weight excluding hydrogens is 190 g/mol. The van der Waals surface area contributed by atoms with E-state index in [1.165, 1.54) is 0 Å². The smallest absolute Gasteiger partial charge is 0.254 e. The van der Waals surface area contributed by atoms with Gasteiger partial charge in [0.15, 0.2) is 0 Å². The lowest BCUT2D eigenvalue weighted by Crippen LogP contribution is -2.19. The molecule has 0 bridgehead atoms. The Balaban J connectivity index is 2.52. The molecule has 1 unspecified atom stereocenters. The maximum absolute atomic E-state index is 11.6. The number of hydrogen-bond donors (Lipinski definition) is 1. The van der Waals surface area contributed by atoms with Crippen molar-refractivity contribution < 1.29 is 9.53 Å². The number of nitrogens with one attached hydrogen (secondary N) is 1. The van der Waals surface area contributed by atoms with Crippen molar-refractivity contribution in [3.63, 3.8) is 0 Å². The molecule has 1 aromatic rings. The normalized spacial score (nSPS) is 18.2. The average molecular weight is 205 g/mol. The molecule has 0 spiro atoms. The number of aryl methyl sites for hydroxylation is 1. The Labute approximate surface area is 89.4 Å². The Morgan fingerprint density at radius 2 is 2.27 bits per heavy atom. The van der Waals surface area contributed by atoms with E-state index in [1.54, 1.807) is 7.05 Å². The molecule has 80 valence electrons. The number of carbonyl (C=O) groups is 1. The molecule has 3 nitrogen and oxygen atoms in total. The number of hydrogen-bond acceptors (Lipinski definition) is 2. The molecule has 3 heteroatoms. The van der Waals surface area contributed by atoms with Gasteiger partial charge in [0, 0.05) is 13.5 Å². The van der Waals surface area contributed by atoms with Crippen molar-refractivity contribution in [2.75, 3.05) is 7.05 Å². The number of amides is 1. The lowest BCUT2D eigenvalue weighted by molar-refractivity contribution is 0.0958. The minimum absolute atomic E-state index is 0.0796. The van der Waals surface area contributed by atoms with E-state index in [1.807, 2.05) is 19.9 Å². The predicted octanol–water partition coefficient (Wildman–Crippen LogP) is 1.68. The van der Waals surface area contributed by atoms with Gasteiger partial charge in [-0.05, 0) is 31.0 Å². The number of fused-ring (bicyclic) bond motifs is 1. The first kappa shape index (κ1) is 10.0. The van der Waals surface area contributed by atoms with Crippen molar-refractivity contribution in [3.8, 4) is 5.75 Å². The molecule has 2 rings (SSSR count). The Morgan fingerprint density at radius 1 is 1.53 bits per heavy atom. The molecule has 1 aromatic carbocycles. The van der Waals surface area contributed by atoms with Gasteiger partial charge in [0.2, 0.25) is 0 Å². The molecule has 1 aliphatic rings. The summed E-state index contributed by atoms with van der Waals surface area (Å²) in [5, 5.41) is 2.63.